The summed E-state index contributed by atoms with van der Waals surface area (Å²) in [5.74, 6) is 0.590. The summed E-state index contributed by atoms with van der Waals surface area (Å²) in [5, 5.41) is 4.21. The van der Waals surface area contributed by atoms with E-state index in [2.05, 4.69) is 17.4 Å². The maximum atomic E-state index is 5.97. The lowest BCUT2D eigenvalue weighted by Gasteiger charge is -2.08. The molecular weight excluding hydrogens is 196 g/mol. The highest BCUT2D eigenvalue weighted by Crippen LogP contribution is 2.35. The zero-order chi connectivity index (χ0) is 9.97. The first kappa shape index (κ1) is 9.81. The van der Waals surface area contributed by atoms with Gasteiger partial charge < -0.3 is 11.1 Å². The van der Waals surface area contributed by atoms with Gasteiger partial charge in [0.15, 0.2) is 0 Å². The largest absolute Gasteiger partial charge is 0.384 e. The molecule has 0 bridgehead atoms. The van der Waals surface area contributed by atoms with Gasteiger partial charge in [-0.1, -0.05) is 11.6 Å². The molecule has 2 rings (SSSR count). The normalized spacial score (nSPS) is 19.1. The highest BCUT2D eigenvalue weighted by atomic mass is 35.5. The predicted octanol–water partition coefficient (Wildman–Crippen LogP) is 2.59. The van der Waals surface area contributed by atoms with Gasteiger partial charge in [-0.3, -0.25) is 0 Å². The van der Waals surface area contributed by atoms with Gasteiger partial charge in [0.05, 0.1) is 0 Å². The van der Waals surface area contributed by atoms with Crippen molar-refractivity contribution in [1.29, 1.82) is 0 Å². The van der Waals surface area contributed by atoms with Crippen LogP contribution < -0.4 is 11.1 Å². The Morgan fingerprint density at radius 2 is 2.36 bits per heavy atom. The molecule has 0 aromatic heterocycles. The van der Waals surface area contributed by atoms with Crippen LogP contribution in [-0.2, 0) is 0 Å². The van der Waals surface area contributed by atoms with Crippen molar-refractivity contribution < 1.29 is 0 Å². The van der Waals surface area contributed by atoms with Crippen LogP contribution in [0.25, 0.3) is 0 Å². The fourth-order valence-electron chi connectivity index (χ4n) is 2.00. The van der Waals surface area contributed by atoms with Crippen molar-refractivity contribution in [2.45, 2.75) is 18.8 Å². The summed E-state index contributed by atoms with van der Waals surface area (Å²) >= 11 is 5.97. The van der Waals surface area contributed by atoms with Crippen molar-refractivity contribution in [3.05, 3.63) is 28.8 Å². The molecule has 0 fully saturated rings. The Kier molecular flexibility index (Phi) is 2.94. The Bertz CT molecular complexity index is 325. The molecule has 3 N–H and O–H groups in total. The predicted molar refractivity (Wildman–Crippen MR) is 61.0 cm³/mol. The summed E-state index contributed by atoms with van der Waals surface area (Å²) in [4.78, 5) is 0. The molecule has 3 heteroatoms. The van der Waals surface area contributed by atoms with Crippen molar-refractivity contribution in [2.75, 3.05) is 18.4 Å². The van der Waals surface area contributed by atoms with Gasteiger partial charge in [-0.2, -0.15) is 0 Å². The van der Waals surface area contributed by atoms with Gasteiger partial charge in [-0.05, 0) is 43.1 Å². The average molecular weight is 211 g/mol. The molecule has 0 amide bonds. The van der Waals surface area contributed by atoms with Crippen molar-refractivity contribution in [3.8, 4) is 0 Å². The molecule has 1 aromatic rings. The topological polar surface area (TPSA) is 38.0 Å². The smallest absolute Gasteiger partial charge is 0.0410 e. The molecule has 0 saturated carbocycles. The third-order valence-electron chi connectivity index (χ3n) is 2.75. The van der Waals surface area contributed by atoms with Crippen LogP contribution >= 0.6 is 11.6 Å². The molecule has 1 unspecified atom stereocenters. The Hall–Kier alpha value is -0.730. The van der Waals surface area contributed by atoms with Gasteiger partial charge in [0, 0.05) is 23.2 Å². The standard InChI is InChI=1S/C11H15ClN2/c12-9-3-4-11-10(6-9)8(7-14-11)2-1-5-13/h3-4,6,8,14H,1-2,5,7,13H2. The number of benzene rings is 1. The molecule has 1 aliphatic rings. The maximum Gasteiger partial charge on any atom is 0.0410 e. The summed E-state index contributed by atoms with van der Waals surface area (Å²) in [6, 6.07) is 6.05. The molecule has 76 valence electrons. The number of nitrogens with two attached hydrogens (primary N) is 1. The van der Waals surface area contributed by atoms with E-state index in [-0.39, 0.29) is 0 Å². The zero-order valence-electron chi connectivity index (χ0n) is 8.09. The first-order valence-corrected chi connectivity index (χ1v) is 5.42. The average Bonchev–Trinajstić information content (AvgIpc) is 2.57. The summed E-state index contributed by atoms with van der Waals surface area (Å²) in [5.41, 5.74) is 8.10. The fourth-order valence-corrected chi connectivity index (χ4v) is 2.18. The summed E-state index contributed by atoms with van der Waals surface area (Å²) in [6.07, 6.45) is 2.23. The molecular formula is C11H15ClN2. The van der Waals surface area contributed by atoms with Crippen molar-refractivity contribution in [2.24, 2.45) is 5.73 Å². The van der Waals surface area contributed by atoms with Gasteiger partial charge in [-0.15, -0.1) is 0 Å². The van der Waals surface area contributed by atoms with Crippen LogP contribution in [0.4, 0.5) is 5.69 Å². The van der Waals surface area contributed by atoms with Crippen molar-refractivity contribution >= 4 is 17.3 Å². The minimum absolute atomic E-state index is 0.590. The van der Waals surface area contributed by atoms with Gasteiger partial charge in [0.2, 0.25) is 0 Å². The third-order valence-corrected chi connectivity index (χ3v) is 2.98. The monoisotopic (exact) mass is 210 g/mol. The van der Waals surface area contributed by atoms with E-state index >= 15 is 0 Å². The van der Waals surface area contributed by atoms with Crippen molar-refractivity contribution in [1.82, 2.24) is 0 Å². The van der Waals surface area contributed by atoms with E-state index in [1.165, 1.54) is 11.3 Å². The molecule has 1 heterocycles. The second kappa shape index (κ2) is 4.20. The zero-order valence-corrected chi connectivity index (χ0v) is 8.85. The lowest BCUT2D eigenvalue weighted by Crippen LogP contribution is -2.06. The van der Waals surface area contributed by atoms with Gasteiger partial charge in [0.1, 0.15) is 0 Å². The Labute approximate surface area is 89.4 Å². The lowest BCUT2D eigenvalue weighted by atomic mass is 9.96. The number of anilines is 1. The Morgan fingerprint density at radius 3 is 3.14 bits per heavy atom. The molecule has 0 spiro atoms. The molecule has 0 radical (unpaired) electrons. The molecule has 1 aromatic carbocycles. The SMILES string of the molecule is NCCCC1CNc2ccc(Cl)cc21. The van der Waals surface area contributed by atoms with Crippen LogP contribution in [0, 0.1) is 0 Å². The molecule has 0 aliphatic carbocycles. The van der Waals surface area contributed by atoms with E-state index in [9.17, 15) is 0 Å². The second-order valence-electron chi connectivity index (χ2n) is 3.74. The number of fused-ring (bicyclic) bond motifs is 1. The number of nitrogens with one attached hydrogen (secondary N) is 1. The minimum Gasteiger partial charge on any atom is -0.384 e. The minimum atomic E-state index is 0.590. The van der Waals surface area contributed by atoms with Crippen LogP contribution in [0.5, 0.6) is 0 Å². The second-order valence-corrected chi connectivity index (χ2v) is 4.18. The molecule has 2 nitrogen and oxygen atoms in total. The summed E-state index contributed by atoms with van der Waals surface area (Å²) in [7, 11) is 0. The van der Waals surface area contributed by atoms with E-state index in [0.717, 1.165) is 31.0 Å². The van der Waals surface area contributed by atoms with E-state index < -0.39 is 0 Å². The Balaban J connectivity index is 2.16. The highest BCUT2D eigenvalue weighted by molar-refractivity contribution is 6.30. The van der Waals surface area contributed by atoms with E-state index in [0.29, 0.717) is 5.92 Å². The highest BCUT2D eigenvalue weighted by Gasteiger charge is 2.21. The molecule has 0 saturated heterocycles. The van der Waals surface area contributed by atoms with Crippen molar-refractivity contribution in [3.63, 3.8) is 0 Å². The fraction of sp³-hybridized carbons (Fsp3) is 0.455. The first-order valence-electron chi connectivity index (χ1n) is 5.04. The number of rotatable bonds is 3. The molecule has 1 aliphatic heterocycles. The first-order chi connectivity index (χ1) is 6.81. The van der Waals surface area contributed by atoms with Crippen LogP contribution in [-0.4, -0.2) is 13.1 Å². The Morgan fingerprint density at radius 1 is 1.50 bits per heavy atom. The van der Waals surface area contributed by atoms with Gasteiger partial charge in [-0.25, -0.2) is 0 Å². The molecule has 14 heavy (non-hydrogen) atoms. The summed E-state index contributed by atoms with van der Waals surface area (Å²) in [6.45, 7) is 1.79. The van der Waals surface area contributed by atoms with Crippen LogP contribution in [0.1, 0.15) is 24.3 Å². The third kappa shape index (κ3) is 1.86. The number of hydrogen-bond donors (Lipinski definition) is 2. The van der Waals surface area contributed by atoms with E-state index in [1.807, 2.05) is 6.07 Å². The van der Waals surface area contributed by atoms with Crippen LogP contribution in [0.3, 0.4) is 0 Å². The van der Waals surface area contributed by atoms with E-state index in [1.54, 1.807) is 0 Å². The van der Waals surface area contributed by atoms with Crippen LogP contribution in [0.2, 0.25) is 5.02 Å². The quantitative estimate of drug-likeness (QED) is 0.805. The number of halogens is 1. The summed E-state index contributed by atoms with van der Waals surface area (Å²) < 4.78 is 0. The van der Waals surface area contributed by atoms with Crippen LogP contribution in [0.15, 0.2) is 18.2 Å². The number of hydrogen-bond acceptors (Lipinski definition) is 2. The van der Waals surface area contributed by atoms with Gasteiger partial charge >= 0.3 is 0 Å². The molecule has 1 atom stereocenters. The van der Waals surface area contributed by atoms with Gasteiger partial charge in [0.25, 0.3) is 0 Å². The lowest BCUT2D eigenvalue weighted by molar-refractivity contribution is 0.638. The van der Waals surface area contributed by atoms with E-state index in [4.69, 9.17) is 17.3 Å². The maximum absolute atomic E-state index is 5.97.